The van der Waals surface area contributed by atoms with Crippen LogP contribution in [0.4, 0.5) is 0 Å². The third-order valence-corrected chi connectivity index (χ3v) is 15.1. The molecule has 38 heteroatoms. The first-order valence-electron chi connectivity index (χ1n) is 32.2. The molecule has 0 saturated carbocycles. The highest BCUT2D eigenvalue weighted by Crippen LogP contribution is 2.38. The summed E-state index contributed by atoms with van der Waals surface area (Å²) in [6.07, 6.45) is -1.62. The highest BCUT2D eigenvalue weighted by atomic mass is 16.8. The third-order valence-electron chi connectivity index (χ3n) is 15.1. The number of fused-ring (bicyclic) bond motifs is 4. The maximum Gasteiger partial charge on any atom is 0.220 e. The topological polar surface area (TPSA) is 447 Å². The van der Waals surface area contributed by atoms with E-state index in [0.29, 0.717) is 136 Å². The number of hydrogen-bond acceptors (Lipinski definition) is 32. The lowest BCUT2D eigenvalue weighted by molar-refractivity contribution is -0.238. The van der Waals surface area contributed by atoms with E-state index in [1.165, 1.54) is 13.8 Å². The number of hydrogen-bond donors (Lipinski definition) is 8. The van der Waals surface area contributed by atoms with Gasteiger partial charge in [0.1, 0.15) is 70.3 Å². The van der Waals surface area contributed by atoms with Crippen molar-refractivity contribution in [2.24, 2.45) is 0 Å². The molecule has 0 unspecified atom stereocenters. The number of carbonyl (C=O) groups excluding carboxylic acids is 3. The Balaban J connectivity index is 0.766. The van der Waals surface area contributed by atoms with Crippen LogP contribution in [0.2, 0.25) is 0 Å². The Kier molecular flexibility index (Phi) is 34.9. The monoisotopic (exact) mass is 1380 g/mol. The molecule has 0 aromatic carbocycles. The molecule has 96 heavy (non-hydrogen) atoms. The van der Waals surface area contributed by atoms with Gasteiger partial charge in [-0.05, 0) is 0 Å². The Bertz CT molecular complexity index is 2520. The van der Waals surface area contributed by atoms with Crippen molar-refractivity contribution in [2.45, 2.75) is 132 Å². The molecule has 7 heterocycles. The van der Waals surface area contributed by atoms with Gasteiger partial charge in [-0.1, -0.05) is 22.6 Å². The third kappa shape index (κ3) is 26.2. The lowest BCUT2D eigenvalue weighted by Crippen LogP contribution is -2.66. The standard InChI is InChI=1S/C58H98N12O26/c1-4-47(74)61-56(35-90-32-44-29-68(65-62-44)5-9-79-13-17-83-20-16-82-12-8-71,36-91-33-45-30-69(66-63-45)6-10-80-14-18-84-21-23-86-25-27-88-38-57-40-93-54(95-57)48(59-42(2)72)50(75)52(57)77)37-92-34-46-31-70(67-64-46)7-11-81-15-19-85-22-24-87-26-28-89-39-58-41-94-55(96-58)49(60-43(3)73)51(76)53(58)78/h29-31,48-55,71,75-78H,4-28,32-41H2,1-3H3,(H,59,72)(H,60,73)(H,61,74)/t48-,49-,50-,51-,52-,53-,54+,55+,57+,58+/m1/s1. The zero-order valence-electron chi connectivity index (χ0n) is 54.9. The number of aliphatic hydroxyl groups excluding tert-OH is 5. The van der Waals surface area contributed by atoms with Crippen LogP contribution in [0.1, 0.15) is 44.3 Å². The quantitative estimate of drug-likeness (QED) is 0.0245. The molecule has 3 amide bonds. The second kappa shape index (κ2) is 42.8. The van der Waals surface area contributed by atoms with Gasteiger partial charge in [-0.3, -0.25) is 14.4 Å². The van der Waals surface area contributed by atoms with Gasteiger partial charge < -0.3 is 127 Å². The summed E-state index contributed by atoms with van der Waals surface area (Å²) in [4.78, 5) is 36.2. The van der Waals surface area contributed by atoms with Crippen LogP contribution < -0.4 is 16.0 Å². The molecule has 0 spiro atoms. The molecule has 3 aromatic heterocycles. The molecule has 10 atom stereocenters. The molecule has 8 N–H and O–H groups in total. The molecule has 546 valence electrons. The molecule has 4 aliphatic heterocycles. The molecule has 0 aliphatic carbocycles. The van der Waals surface area contributed by atoms with Gasteiger partial charge in [0.05, 0.1) is 243 Å². The zero-order valence-corrected chi connectivity index (χ0v) is 54.9. The van der Waals surface area contributed by atoms with Gasteiger partial charge in [-0.25, -0.2) is 14.0 Å². The number of ether oxygens (including phenoxy) is 18. The summed E-state index contributed by atoms with van der Waals surface area (Å²) < 4.78 is 108. The van der Waals surface area contributed by atoms with Crippen molar-refractivity contribution in [3.05, 3.63) is 35.7 Å². The first-order chi connectivity index (χ1) is 46.7. The highest BCUT2D eigenvalue weighted by Gasteiger charge is 2.61. The SMILES string of the molecule is CCC(=O)NC(COCc1cn(CCOCCOCCOCCO)nn1)(COCc1cn(CCOCCOCCOCCOC[C@@]23CO[C@@H](O2)[C@H](NC(C)=O)[C@@H](O)[C@H]3O)nn1)COCc1cn(CCOCCOCCOCCOC[C@@]23CO[C@@H](O2)[C@H](NC(C)=O)[C@@H](O)[C@H]3O)nn1. The predicted molar refractivity (Wildman–Crippen MR) is 323 cm³/mol. The minimum absolute atomic E-state index is 0.0000121. The van der Waals surface area contributed by atoms with Gasteiger partial charge in [0.25, 0.3) is 0 Å². The zero-order chi connectivity index (χ0) is 68.3. The van der Waals surface area contributed by atoms with Gasteiger partial charge >= 0.3 is 0 Å². The Hall–Kier alpha value is -5.09. The molecule has 0 radical (unpaired) electrons. The molecular formula is C58H98N12O26. The van der Waals surface area contributed by atoms with Crippen molar-refractivity contribution in [1.29, 1.82) is 0 Å². The fourth-order valence-electron chi connectivity index (χ4n) is 10.2. The summed E-state index contributed by atoms with van der Waals surface area (Å²) in [5.41, 5.74) is -2.08. The maximum absolute atomic E-state index is 13.2. The second-order valence-corrected chi connectivity index (χ2v) is 23.0. The predicted octanol–water partition coefficient (Wildman–Crippen LogP) is -5.45. The summed E-state index contributed by atoms with van der Waals surface area (Å²) >= 11 is 0. The van der Waals surface area contributed by atoms with Gasteiger partial charge in [-0.15, -0.1) is 15.3 Å². The van der Waals surface area contributed by atoms with Gasteiger partial charge in [0.15, 0.2) is 12.6 Å². The van der Waals surface area contributed by atoms with E-state index in [0.717, 1.165) is 0 Å². The lowest BCUT2D eigenvalue weighted by Gasteiger charge is -2.42. The molecule has 4 saturated heterocycles. The first kappa shape index (κ1) is 78.3. The summed E-state index contributed by atoms with van der Waals surface area (Å²) in [5.74, 6) is -1.03. The molecule has 3 aromatic rings. The minimum Gasteiger partial charge on any atom is -0.394 e. The maximum atomic E-state index is 13.2. The van der Waals surface area contributed by atoms with E-state index < -0.39 is 65.8 Å². The fraction of sp³-hybridized carbons (Fsp3) is 0.845. The first-order valence-corrected chi connectivity index (χ1v) is 32.2. The van der Waals surface area contributed by atoms with Crippen LogP contribution in [-0.2, 0) is 139 Å². The minimum atomic E-state index is -1.33. The number of nitrogens with one attached hydrogen (secondary N) is 3. The fourth-order valence-corrected chi connectivity index (χ4v) is 10.2. The van der Waals surface area contributed by atoms with Crippen molar-refractivity contribution in [2.75, 3.05) is 185 Å². The number of carbonyl (C=O) groups is 3. The van der Waals surface area contributed by atoms with Crippen LogP contribution in [0.3, 0.4) is 0 Å². The van der Waals surface area contributed by atoms with Crippen molar-refractivity contribution < 1.29 is 125 Å². The van der Waals surface area contributed by atoms with Crippen LogP contribution in [0.5, 0.6) is 0 Å². The molecular weight excluding hydrogens is 1280 g/mol. The average molecular weight is 1380 g/mol. The molecule has 38 nitrogen and oxygen atoms in total. The summed E-state index contributed by atoms with van der Waals surface area (Å²) in [6.45, 7) is 11.9. The van der Waals surface area contributed by atoms with E-state index in [1.54, 1.807) is 39.6 Å². The van der Waals surface area contributed by atoms with Crippen LogP contribution >= 0.6 is 0 Å². The van der Waals surface area contributed by atoms with Crippen molar-refractivity contribution >= 4 is 17.7 Å². The molecule has 4 aliphatic rings. The lowest BCUT2D eigenvalue weighted by atomic mass is 9.88. The van der Waals surface area contributed by atoms with Crippen LogP contribution in [0, 0.1) is 0 Å². The number of rotatable bonds is 55. The number of nitrogens with zero attached hydrogens (tertiary/aromatic N) is 9. The molecule has 4 bridgehead atoms. The average Bonchev–Trinajstić information content (AvgIpc) is 1.56. The summed E-state index contributed by atoms with van der Waals surface area (Å²) in [6, 6.07) is -1.79. The Morgan fingerprint density at radius 3 is 1.11 bits per heavy atom. The number of amides is 3. The van der Waals surface area contributed by atoms with E-state index in [1.807, 2.05) is 0 Å². The summed E-state index contributed by atoms with van der Waals surface area (Å²) in [5, 5.41) is 84.9. The molecule has 7 rings (SSSR count). The van der Waals surface area contributed by atoms with Gasteiger partial charge in [0.2, 0.25) is 17.7 Å². The van der Waals surface area contributed by atoms with E-state index >= 15 is 0 Å². The van der Waals surface area contributed by atoms with Crippen LogP contribution in [-0.4, -0.2) is 339 Å². The highest BCUT2D eigenvalue weighted by molar-refractivity contribution is 5.76. The van der Waals surface area contributed by atoms with E-state index in [9.17, 15) is 34.8 Å². The largest absolute Gasteiger partial charge is 0.394 e. The van der Waals surface area contributed by atoms with E-state index in [-0.39, 0.29) is 130 Å². The van der Waals surface area contributed by atoms with E-state index in [2.05, 4.69) is 46.9 Å². The Morgan fingerprint density at radius 2 is 0.802 bits per heavy atom. The van der Waals surface area contributed by atoms with Crippen molar-refractivity contribution in [1.82, 2.24) is 60.9 Å². The van der Waals surface area contributed by atoms with E-state index in [4.69, 9.17) is 90.4 Å². The molecule has 4 fully saturated rings. The summed E-state index contributed by atoms with van der Waals surface area (Å²) in [7, 11) is 0. The van der Waals surface area contributed by atoms with Crippen molar-refractivity contribution in [3.8, 4) is 0 Å². The van der Waals surface area contributed by atoms with Crippen molar-refractivity contribution in [3.63, 3.8) is 0 Å². The van der Waals surface area contributed by atoms with Crippen LogP contribution in [0.15, 0.2) is 18.6 Å². The Morgan fingerprint density at radius 1 is 0.490 bits per heavy atom. The van der Waals surface area contributed by atoms with Gasteiger partial charge in [-0.2, -0.15) is 0 Å². The van der Waals surface area contributed by atoms with Gasteiger partial charge in [0, 0.05) is 20.3 Å². The second-order valence-electron chi connectivity index (χ2n) is 23.0. The normalized spacial score (nSPS) is 23.9. The number of aromatic nitrogens is 9. The number of aliphatic hydroxyl groups is 5. The Labute approximate surface area is 555 Å². The smallest absolute Gasteiger partial charge is 0.220 e. The van der Waals surface area contributed by atoms with Crippen LogP contribution in [0.25, 0.3) is 0 Å².